The smallest absolute Gasteiger partial charge is 0.413 e. The lowest BCUT2D eigenvalue weighted by atomic mass is 10.3. The van der Waals surface area contributed by atoms with Crippen molar-refractivity contribution in [2.24, 2.45) is 0 Å². The van der Waals surface area contributed by atoms with Gasteiger partial charge in [-0.1, -0.05) is 11.3 Å². The van der Waals surface area contributed by atoms with Gasteiger partial charge in [-0.15, -0.1) is 0 Å². The van der Waals surface area contributed by atoms with Crippen LogP contribution in [0.25, 0.3) is 10.2 Å². The maximum absolute atomic E-state index is 11.5. The molecule has 0 unspecified atom stereocenters. The number of nitrogens with one attached hydrogen (secondary N) is 1. The number of carbonyl (C=O) groups excluding carboxylic acids is 1. The van der Waals surface area contributed by atoms with Crippen molar-refractivity contribution in [2.45, 2.75) is 20.0 Å². The first-order valence-electron chi connectivity index (χ1n) is 5.71. The van der Waals surface area contributed by atoms with E-state index in [1.165, 1.54) is 11.3 Å². The lowest BCUT2D eigenvalue weighted by Gasteiger charge is -2.06. The Morgan fingerprint density at radius 1 is 1.47 bits per heavy atom. The minimum atomic E-state index is -0.527. The lowest BCUT2D eigenvalue weighted by molar-refractivity contribution is 0.130. The molecule has 0 aliphatic carbocycles. The van der Waals surface area contributed by atoms with Crippen molar-refractivity contribution in [1.29, 1.82) is 0 Å². The standard InChI is InChI=1S/C12H15N3O3S/c1-6(2)18-12(16)15-11-14-10-8(17-3)4-7(13)5-9(10)19-11/h4-6H,13H2,1-3H3,(H,14,15,16). The first-order chi connectivity index (χ1) is 8.99. The van der Waals surface area contributed by atoms with Crippen molar-refractivity contribution in [1.82, 2.24) is 4.98 Å². The van der Waals surface area contributed by atoms with Gasteiger partial charge in [0.25, 0.3) is 0 Å². The molecular weight excluding hydrogens is 266 g/mol. The molecule has 0 saturated heterocycles. The van der Waals surface area contributed by atoms with E-state index in [1.807, 2.05) is 0 Å². The van der Waals surface area contributed by atoms with Crippen LogP contribution in [-0.4, -0.2) is 24.3 Å². The van der Waals surface area contributed by atoms with Crippen molar-refractivity contribution >= 4 is 38.5 Å². The first-order valence-corrected chi connectivity index (χ1v) is 6.53. The number of hydrogen-bond donors (Lipinski definition) is 2. The average molecular weight is 281 g/mol. The van der Waals surface area contributed by atoms with Gasteiger partial charge in [0.2, 0.25) is 0 Å². The highest BCUT2D eigenvalue weighted by Gasteiger charge is 2.13. The topological polar surface area (TPSA) is 86.5 Å². The Bertz CT molecular complexity index is 610. The second-order valence-corrected chi connectivity index (χ2v) is 5.20. The number of nitrogens with zero attached hydrogens (tertiary/aromatic N) is 1. The first kappa shape index (κ1) is 13.4. The van der Waals surface area contributed by atoms with Crippen LogP contribution in [-0.2, 0) is 4.74 Å². The molecule has 1 aromatic carbocycles. The van der Waals surface area contributed by atoms with Gasteiger partial charge in [0.05, 0.1) is 17.9 Å². The fraction of sp³-hybridized carbons (Fsp3) is 0.333. The number of nitrogens with two attached hydrogens (primary N) is 1. The van der Waals surface area contributed by atoms with E-state index in [2.05, 4.69) is 10.3 Å². The van der Waals surface area contributed by atoms with Gasteiger partial charge < -0.3 is 15.2 Å². The number of methoxy groups -OCH3 is 1. The van der Waals surface area contributed by atoms with Crippen LogP contribution >= 0.6 is 11.3 Å². The van der Waals surface area contributed by atoms with Gasteiger partial charge >= 0.3 is 6.09 Å². The Morgan fingerprint density at radius 3 is 2.84 bits per heavy atom. The van der Waals surface area contributed by atoms with Crippen molar-refractivity contribution in [2.75, 3.05) is 18.2 Å². The average Bonchev–Trinajstić information content (AvgIpc) is 2.68. The summed E-state index contributed by atoms with van der Waals surface area (Å²) in [6, 6.07) is 3.48. The number of ether oxygens (including phenoxy) is 2. The Morgan fingerprint density at radius 2 is 2.21 bits per heavy atom. The van der Waals surface area contributed by atoms with Crippen LogP contribution in [0.5, 0.6) is 5.75 Å². The van der Waals surface area contributed by atoms with Gasteiger partial charge in [0, 0.05) is 11.8 Å². The van der Waals surface area contributed by atoms with Gasteiger partial charge in [-0.25, -0.2) is 9.78 Å². The second-order valence-electron chi connectivity index (χ2n) is 4.17. The Hall–Kier alpha value is -2.02. The highest BCUT2D eigenvalue weighted by atomic mass is 32.1. The number of carbonyl (C=O) groups is 1. The largest absolute Gasteiger partial charge is 0.494 e. The van der Waals surface area contributed by atoms with E-state index in [0.717, 1.165) is 4.70 Å². The molecule has 0 atom stereocenters. The number of rotatable bonds is 3. The molecule has 6 nitrogen and oxygen atoms in total. The zero-order valence-corrected chi connectivity index (χ0v) is 11.7. The molecule has 0 aliphatic rings. The van der Waals surface area contributed by atoms with E-state index in [4.69, 9.17) is 15.2 Å². The van der Waals surface area contributed by atoms with Gasteiger partial charge in [0.1, 0.15) is 11.3 Å². The van der Waals surface area contributed by atoms with E-state index in [0.29, 0.717) is 22.1 Å². The third-order valence-corrected chi connectivity index (χ3v) is 3.17. The molecule has 0 fully saturated rings. The predicted octanol–water partition coefficient (Wildman–Crippen LogP) is 2.84. The number of anilines is 2. The number of aromatic nitrogens is 1. The van der Waals surface area contributed by atoms with E-state index in [-0.39, 0.29) is 6.10 Å². The number of amides is 1. The van der Waals surface area contributed by atoms with E-state index < -0.39 is 6.09 Å². The summed E-state index contributed by atoms with van der Waals surface area (Å²) in [6.45, 7) is 3.56. The van der Waals surface area contributed by atoms with Crippen molar-refractivity contribution in [3.05, 3.63) is 12.1 Å². The van der Waals surface area contributed by atoms with E-state index in [1.54, 1.807) is 33.1 Å². The molecule has 3 N–H and O–H groups in total. The molecule has 102 valence electrons. The van der Waals surface area contributed by atoms with Gasteiger partial charge in [-0.2, -0.15) is 0 Å². The molecule has 1 heterocycles. The third kappa shape index (κ3) is 3.05. The molecule has 0 bridgehead atoms. The number of benzene rings is 1. The highest BCUT2D eigenvalue weighted by molar-refractivity contribution is 7.22. The monoisotopic (exact) mass is 281 g/mol. The molecule has 0 spiro atoms. The summed E-state index contributed by atoms with van der Waals surface area (Å²) in [4.78, 5) is 15.8. The zero-order valence-electron chi connectivity index (χ0n) is 10.9. The highest BCUT2D eigenvalue weighted by Crippen LogP contribution is 2.34. The summed E-state index contributed by atoms with van der Waals surface area (Å²) in [7, 11) is 1.55. The molecule has 7 heteroatoms. The maximum atomic E-state index is 11.5. The molecule has 2 rings (SSSR count). The minimum Gasteiger partial charge on any atom is -0.494 e. The summed E-state index contributed by atoms with van der Waals surface area (Å²) in [6.07, 6.45) is -0.708. The normalized spacial score (nSPS) is 10.7. The van der Waals surface area contributed by atoms with E-state index in [9.17, 15) is 4.79 Å². The second kappa shape index (κ2) is 5.31. The van der Waals surface area contributed by atoms with Crippen LogP contribution in [0.3, 0.4) is 0 Å². The fourth-order valence-corrected chi connectivity index (χ4v) is 2.48. The van der Waals surface area contributed by atoms with Crippen molar-refractivity contribution in [3.8, 4) is 5.75 Å². The summed E-state index contributed by atoms with van der Waals surface area (Å²) >= 11 is 1.31. The molecule has 0 saturated carbocycles. The Labute approximate surface area is 114 Å². The number of hydrogen-bond acceptors (Lipinski definition) is 6. The molecule has 0 radical (unpaired) electrons. The van der Waals surface area contributed by atoms with Gasteiger partial charge in [-0.05, 0) is 19.9 Å². The summed E-state index contributed by atoms with van der Waals surface area (Å²) in [5, 5.41) is 3.03. The van der Waals surface area contributed by atoms with E-state index >= 15 is 0 Å². The summed E-state index contributed by atoms with van der Waals surface area (Å²) < 4.78 is 11.0. The Balaban J connectivity index is 2.29. The van der Waals surface area contributed by atoms with Crippen molar-refractivity contribution < 1.29 is 14.3 Å². The SMILES string of the molecule is COc1cc(N)cc2sc(NC(=O)OC(C)C)nc12. The molecule has 1 aromatic heterocycles. The minimum absolute atomic E-state index is 0.181. The van der Waals surface area contributed by atoms with Crippen LogP contribution in [0.1, 0.15) is 13.8 Å². The lowest BCUT2D eigenvalue weighted by Crippen LogP contribution is -2.17. The fourth-order valence-electron chi connectivity index (χ4n) is 1.56. The summed E-state index contributed by atoms with van der Waals surface area (Å²) in [5.74, 6) is 0.580. The number of fused-ring (bicyclic) bond motifs is 1. The molecule has 1 amide bonds. The molecular formula is C12H15N3O3S. The number of thiazole rings is 1. The van der Waals surface area contributed by atoms with Crippen LogP contribution in [0.15, 0.2) is 12.1 Å². The number of nitrogen functional groups attached to an aromatic ring is 1. The maximum Gasteiger partial charge on any atom is 0.413 e. The van der Waals surface area contributed by atoms with Gasteiger partial charge in [-0.3, -0.25) is 5.32 Å². The van der Waals surface area contributed by atoms with Crippen molar-refractivity contribution in [3.63, 3.8) is 0 Å². The molecule has 2 aromatic rings. The zero-order chi connectivity index (χ0) is 14.0. The molecule has 0 aliphatic heterocycles. The predicted molar refractivity (Wildman–Crippen MR) is 75.8 cm³/mol. The molecule has 19 heavy (non-hydrogen) atoms. The van der Waals surface area contributed by atoms with Crippen LogP contribution < -0.4 is 15.8 Å². The van der Waals surface area contributed by atoms with Crippen LogP contribution in [0.4, 0.5) is 15.6 Å². The quantitative estimate of drug-likeness (QED) is 0.845. The van der Waals surface area contributed by atoms with Crippen LogP contribution in [0, 0.1) is 0 Å². The van der Waals surface area contributed by atoms with Crippen LogP contribution in [0.2, 0.25) is 0 Å². The van der Waals surface area contributed by atoms with Gasteiger partial charge in [0.15, 0.2) is 5.13 Å². The third-order valence-electron chi connectivity index (χ3n) is 2.25. The Kier molecular flexibility index (Phi) is 3.75. The summed E-state index contributed by atoms with van der Waals surface area (Å²) in [5.41, 5.74) is 7.02.